The first kappa shape index (κ1) is 24.7. The van der Waals surface area contributed by atoms with Crippen LogP contribution < -0.4 is 21.1 Å². The van der Waals surface area contributed by atoms with Gasteiger partial charge in [-0.15, -0.1) is 18.3 Å². The molecule has 0 saturated carbocycles. The van der Waals surface area contributed by atoms with E-state index in [1.165, 1.54) is 29.5 Å². The van der Waals surface area contributed by atoms with Crippen LogP contribution in [0.5, 0.6) is 5.75 Å². The Kier molecular flexibility index (Phi) is 9.26. The molecule has 2 heterocycles. The Balaban J connectivity index is 1.62. The van der Waals surface area contributed by atoms with E-state index in [0.29, 0.717) is 32.1 Å². The van der Waals surface area contributed by atoms with Crippen LogP contribution in [0.3, 0.4) is 0 Å². The Hall–Kier alpha value is -2.91. The number of ether oxygens (including phenoxy) is 1. The van der Waals surface area contributed by atoms with Gasteiger partial charge in [0.05, 0.1) is 6.61 Å². The average Bonchev–Trinajstić information content (AvgIpc) is 3.18. The number of nitrogens with zero attached hydrogens (tertiary/aromatic N) is 5. The number of nitrogens with two attached hydrogens (primary N) is 1. The van der Waals surface area contributed by atoms with E-state index in [9.17, 15) is 0 Å². The molecule has 1 atom stereocenters. The molecule has 1 unspecified atom stereocenters. The molecule has 1 fully saturated rings. The van der Waals surface area contributed by atoms with Gasteiger partial charge < -0.3 is 15.4 Å². The third-order valence-corrected chi connectivity index (χ3v) is 5.91. The summed E-state index contributed by atoms with van der Waals surface area (Å²) < 4.78 is 7.52. The maximum absolute atomic E-state index is 8.09. The van der Waals surface area contributed by atoms with Gasteiger partial charge >= 0.3 is 0 Å². The first-order valence-electron chi connectivity index (χ1n) is 11.4. The lowest BCUT2D eigenvalue weighted by atomic mass is 10.1. The smallest absolute Gasteiger partial charge is 0.247 e. The monoisotopic (exact) mass is 468 g/mol. The molecule has 3 N–H and O–H groups in total. The molecule has 1 aliphatic heterocycles. The van der Waals surface area contributed by atoms with E-state index in [0.717, 1.165) is 25.4 Å². The van der Waals surface area contributed by atoms with Crippen molar-refractivity contribution >= 4 is 29.1 Å². The molecule has 0 bridgehead atoms. The van der Waals surface area contributed by atoms with Crippen LogP contribution in [0.2, 0.25) is 0 Å². The van der Waals surface area contributed by atoms with Crippen molar-refractivity contribution in [3.63, 3.8) is 0 Å². The maximum Gasteiger partial charge on any atom is 0.247 e. The molecule has 8 nitrogen and oxygen atoms in total. The van der Waals surface area contributed by atoms with Gasteiger partial charge in [0.2, 0.25) is 11.9 Å². The molecule has 9 heteroatoms. The summed E-state index contributed by atoms with van der Waals surface area (Å²) in [6.45, 7) is 12.3. The number of benzene rings is 1. The van der Waals surface area contributed by atoms with Crippen molar-refractivity contribution in [2.75, 3.05) is 43.4 Å². The van der Waals surface area contributed by atoms with Gasteiger partial charge in [-0.05, 0) is 43.6 Å². The zero-order valence-electron chi connectivity index (χ0n) is 19.2. The molecule has 0 spiro atoms. The Labute approximate surface area is 201 Å². The van der Waals surface area contributed by atoms with E-state index in [1.807, 2.05) is 17.0 Å². The maximum atomic E-state index is 8.09. The average molecular weight is 469 g/mol. The second kappa shape index (κ2) is 12.4. The molecule has 177 valence electrons. The SMILES string of the molecule is C=CCN(CC=C)c1nc(N)n(C(CCOc2cccc(CN3CCCCC3)c2)C([NH])=S)n1. The number of likely N-dealkylation sites (tertiary alicyclic amines) is 1. The third-order valence-electron chi connectivity index (χ3n) is 5.64. The number of thiocarbonyl (C=S) groups is 1. The lowest BCUT2D eigenvalue weighted by Crippen LogP contribution is -2.29. The molecule has 1 aromatic heterocycles. The predicted octanol–water partition coefficient (Wildman–Crippen LogP) is 3.65. The van der Waals surface area contributed by atoms with Crippen LogP contribution >= 0.6 is 12.2 Å². The molecule has 0 amide bonds. The van der Waals surface area contributed by atoms with Gasteiger partial charge in [0, 0.05) is 26.1 Å². The summed E-state index contributed by atoms with van der Waals surface area (Å²) in [6, 6.07) is 7.70. The molecular formula is C24H34N7OS. The number of anilines is 2. The van der Waals surface area contributed by atoms with Crippen LogP contribution in [-0.2, 0) is 6.54 Å². The van der Waals surface area contributed by atoms with Crippen molar-refractivity contribution in [3.8, 4) is 5.75 Å². The van der Waals surface area contributed by atoms with Crippen LogP contribution in [-0.4, -0.2) is 57.4 Å². The van der Waals surface area contributed by atoms with Gasteiger partial charge in [-0.1, -0.05) is 42.9 Å². The second-order valence-corrected chi connectivity index (χ2v) is 8.64. The van der Waals surface area contributed by atoms with E-state index < -0.39 is 6.04 Å². The molecule has 1 aliphatic rings. The Morgan fingerprint density at radius 1 is 1.24 bits per heavy atom. The number of hydrogen-bond donors (Lipinski definition) is 1. The highest BCUT2D eigenvalue weighted by Gasteiger charge is 2.22. The van der Waals surface area contributed by atoms with E-state index in [1.54, 1.807) is 12.2 Å². The topological polar surface area (TPSA) is 96.2 Å². The summed E-state index contributed by atoms with van der Waals surface area (Å²) in [6.07, 6.45) is 7.87. The molecule has 1 saturated heterocycles. The van der Waals surface area contributed by atoms with Crippen LogP contribution in [0.25, 0.3) is 0 Å². The Bertz CT molecular complexity index is 929. The Morgan fingerprint density at radius 3 is 2.64 bits per heavy atom. The number of nitrogens with one attached hydrogen (secondary N) is 1. The fourth-order valence-electron chi connectivity index (χ4n) is 4.00. The number of aromatic nitrogens is 3. The van der Waals surface area contributed by atoms with E-state index in [2.05, 4.69) is 40.3 Å². The van der Waals surface area contributed by atoms with Crippen LogP contribution in [0, 0.1) is 0 Å². The number of hydrogen-bond acceptors (Lipinski definition) is 7. The minimum Gasteiger partial charge on any atom is -0.493 e. The summed E-state index contributed by atoms with van der Waals surface area (Å²) >= 11 is 5.19. The first-order valence-corrected chi connectivity index (χ1v) is 11.8. The number of rotatable bonds is 13. The fourth-order valence-corrected chi connectivity index (χ4v) is 4.22. The molecular weight excluding hydrogens is 434 g/mol. The minimum absolute atomic E-state index is 0.0413. The zero-order valence-corrected chi connectivity index (χ0v) is 20.0. The summed E-state index contributed by atoms with van der Waals surface area (Å²) in [5.74, 6) is 1.49. The minimum atomic E-state index is -0.507. The molecule has 33 heavy (non-hydrogen) atoms. The molecule has 3 rings (SSSR count). The van der Waals surface area contributed by atoms with Gasteiger partial charge in [0.15, 0.2) is 0 Å². The normalized spacial score (nSPS) is 15.0. The summed E-state index contributed by atoms with van der Waals surface area (Å²) in [5, 5.41) is 4.52. The molecule has 2 aromatic rings. The summed E-state index contributed by atoms with van der Waals surface area (Å²) in [5.41, 5.74) is 15.5. The fraction of sp³-hybridized carbons (Fsp3) is 0.458. The number of nitrogen functional groups attached to an aromatic ring is 1. The van der Waals surface area contributed by atoms with E-state index in [-0.39, 0.29) is 10.9 Å². The van der Waals surface area contributed by atoms with Gasteiger partial charge in [0.25, 0.3) is 0 Å². The largest absolute Gasteiger partial charge is 0.493 e. The highest BCUT2D eigenvalue weighted by Crippen LogP contribution is 2.22. The third kappa shape index (κ3) is 7.03. The summed E-state index contributed by atoms with van der Waals surface area (Å²) in [4.78, 5) is 8.78. The van der Waals surface area contributed by atoms with E-state index in [4.69, 9.17) is 28.4 Å². The lowest BCUT2D eigenvalue weighted by molar-refractivity contribution is 0.220. The lowest BCUT2D eigenvalue weighted by Gasteiger charge is -2.26. The Morgan fingerprint density at radius 2 is 1.97 bits per heavy atom. The van der Waals surface area contributed by atoms with Gasteiger partial charge in [-0.2, -0.15) is 4.98 Å². The predicted molar refractivity (Wildman–Crippen MR) is 137 cm³/mol. The molecule has 0 aliphatic carbocycles. The van der Waals surface area contributed by atoms with Crippen molar-refractivity contribution in [1.29, 1.82) is 0 Å². The van der Waals surface area contributed by atoms with Gasteiger partial charge in [0.1, 0.15) is 16.8 Å². The van der Waals surface area contributed by atoms with Crippen LogP contribution in [0.15, 0.2) is 49.6 Å². The van der Waals surface area contributed by atoms with E-state index >= 15 is 0 Å². The highest BCUT2D eigenvalue weighted by atomic mass is 32.1. The van der Waals surface area contributed by atoms with Gasteiger partial charge in [-0.3, -0.25) is 10.6 Å². The molecule has 1 radical (unpaired) electrons. The van der Waals surface area contributed by atoms with Crippen molar-refractivity contribution < 1.29 is 4.74 Å². The molecule has 1 aromatic carbocycles. The van der Waals surface area contributed by atoms with Crippen LogP contribution in [0.4, 0.5) is 11.9 Å². The first-order chi connectivity index (χ1) is 16.0. The van der Waals surface area contributed by atoms with Crippen molar-refractivity contribution in [2.24, 2.45) is 0 Å². The van der Waals surface area contributed by atoms with Crippen molar-refractivity contribution in [2.45, 2.75) is 38.3 Å². The van der Waals surface area contributed by atoms with Crippen LogP contribution in [0.1, 0.15) is 37.3 Å². The highest BCUT2D eigenvalue weighted by molar-refractivity contribution is 7.80. The van der Waals surface area contributed by atoms with Crippen molar-refractivity contribution in [1.82, 2.24) is 25.4 Å². The zero-order chi connectivity index (χ0) is 23.6. The van der Waals surface area contributed by atoms with Crippen molar-refractivity contribution in [3.05, 3.63) is 55.1 Å². The number of piperidine rings is 1. The van der Waals surface area contributed by atoms with Gasteiger partial charge in [-0.25, -0.2) is 4.68 Å². The quantitative estimate of drug-likeness (QED) is 0.354. The second-order valence-electron chi connectivity index (χ2n) is 8.20. The summed E-state index contributed by atoms with van der Waals surface area (Å²) in [7, 11) is 0. The standard InChI is InChI=1S/C24H34N7OS/c1-3-12-30(13-4-2)24-27-23(26)31(28-24)21(22(25)33)11-16-32-20-10-8-9-19(17-20)18-29-14-6-5-7-15-29/h3-4,8-10,17,21,25H,1-2,5-7,11-16,18H2,(H2,26,27,28).